The van der Waals surface area contributed by atoms with Gasteiger partial charge in [0.2, 0.25) is 47.3 Å². The van der Waals surface area contributed by atoms with E-state index >= 15 is 0 Å². The van der Waals surface area contributed by atoms with Crippen molar-refractivity contribution in [1.29, 1.82) is 0 Å². The van der Waals surface area contributed by atoms with Crippen molar-refractivity contribution in [2.45, 2.75) is 127 Å². The number of carbonyl (C=O) groups excluding carboxylic acids is 9. The van der Waals surface area contributed by atoms with Gasteiger partial charge >= 0.3 is 6.03 Å². The standard InChI is InChI=1S/C38H62N12O11S/c1-20(2)12-22(13-29(53)50-61)35(57)48-32(21(3)51)37(59)46-25(14-23-15-40-19-44-23)36(58)43-16-30(54)42-17-31(55)45-24(34(39)56)8-6-7-11-41-28(52)10-5-4-9-27-33-26(18-62-27)47-38(60)49-33/h15,19-22,24-27,32-33,51,61H,4-14,16-18H2,1-3H3,(H2,39,56)(H,40,44)(H,41,52)(H,42,54)(H,43,58)(H,45,55)(H,46,59)(H,48,57)(H,50,53)(H2,47,49,60)/t21-,22?,24+,25+,26+,27+,32+,33+/m1/s1. The van der Waals surface area contributed by atoms with Crippen LogP contribution in [0.15, 0.2) is 12.5 Å². The molecule has 0 aliphatic carbocycles. The molecule has 0 radical (unpaired) electrons. The summed E-state index contributed by atoms with van der Waals surface area (Å²) in [5.41, 5.74) is 7.37. The molecule has 10 amide bonds. The van der Waals surface area contributed by atoms with Crippen LogP contribution in [0.25, 0.3) is 0 Å². The van der Waals surface area contributed by atoms with Crippen molar-refractivity contribution in [3.63, 3.8) is 0 Å². The average Bonchev–Trinajstić information content (AvgIpc) is 3.96. The monoisotopic (exact) mass is 894 g/mol. The van der Waals surface area contributed by atoms with Gasteiger partial charge in [0.25, 0.3) is 0 Å². The lowest BCUT2D eigenvalue weighted by Gasteiger charge is -2.26. The second kappa shape index (κ2) is 26.1. The number of aliphatic hydroxyl groups is 1. The van der Waals surface area contributed by atoms with Gasteiger partial charge in [0.15, 0.2) is 0 Å². The fourth-order valence-electron chi connectivity index (χ4n) is 7.01. The molecule has 2 saturated heterocycles. The first-order valence-corrected chi connectivity index (χ1v) is 21.8. The summed E-state index contributed by atoms with van der Waals surface area (Å²) in [6.07, 6.45) is 5.03. The third kappa shape index (κ3) is 17.8. The van der Waals surface area contributed by atoms with Gasteiger partial charge in [-0.05, 0) is 51.4 Å². The first-order chi connectivity index (χ1) is 29.5. The van der Waals surface area contributed by atoms with E-state index in [9.17, 15) is 48.3 Å². The quantitative estimate of drug-likeness (QED) is 0.0174. The van der Waals surface area contributed by atoms with E-state index < -0.39 is 84.6 Å². The molecule has 8 atom stereocenters. The number of aliphatic hydroxyl groups excluding tert-OH is 1. The number of hydroxylamine groups is 1. The Morgan fingerprint density at radius 2 is 1.60 bits per heavy atom. The van der Waals surface area contributed by atoms with Crippen molar-refractivity contribution in [2.75, 3.05) is 25.4 Å². The van der Waals surface area contributed by atoms with Crippen LogP contribution in [0.5, 0.6) is 0 Å². The summed E-state index contributed by atoms with van der Waals surface area (Å²) in [6.45, 7) is 4.06. The fraction of sp³-hybridized carbons (Fsp3) is 0.684. The van der Waals surface area contributed by atoms with Crippen LogP contribution in [0.4, 0.5) is 4.79 Å². The van der Waals surface area contributed by atoms with Gasteiger partial charge in [-0.15, -0.1) is 0 Å². The molecule has 0 spiro atoms. The molecular formula is C38H62N12O11S. The lowest BCUT2D eigenvalue weighted by atomic mass is 9.92. The molecule has 2 aliphatic heterocycles. The zero-order chi connectivity index (χ0) is 45.8. The number of thioether (sulfide) groups is 1. The lowest BCUT2D eigenvalue weighted by molar-refractivity contribution is -0.138. The normalized spacial score (nSPS) is 19.0. The molecule has 0 saturated carbocycles. The molecule has 24 heteroatoms. The highest BCUT2D eigenvalue weighted by molar-refractivity contribution is 8.00. The predicted molar refractivity (Wildman–Crippen MR) is 223 cm³/mol. The number of nitrogens with zero attached hydrogens (tertiary/aromatic N) is 1. The van der Waals surface area contributed by atoms with Crippen LogP contribution in [0, 0.1) is 11.8 Å². The van der Waals surface area contributed by atoms with E-state index in [1.54, 1.807) is 0 Å². The minimum absolute atomic E-state index is 0.0408. The van der Waals surface area contributed by atoms with Crippen molar-refractivity contribution in [2.24, 2.45) is 17.6 Å². The molecule has 2 aliphatic rings. The molecule has 1 aromatic rings. The van der Waals surface area contributed by atoms with E-state index in [0.29, 0.717) is 36.8 Å². The molecule has 0 bridgehead atoms. The topological polar surface area (TPSA) is 357 Å². The van der Waals surface area contributed by atoms with Gasteiger partial charge in [0.05, 0.1) is 37.6 Å². The number of urea groups is 1. The number of aromatic nitrogens is 2. The van der Waals surface area contributed by atoms with E-state index in [1.165, 1.54) is 24.9 Å². The number of amides is 10. The van der Waals surface area contributed by atoms with Gasteiger partial charge in [-0.3, -0.25) is 43.6 Å². The number of rotatable bonds is 28. The summed E-state index contributed by atoms with van der Waals surface area (Å²) in [4.78, 5) is 119. The van der Waals surface area contributed by atoms with Crippen LogP contribution in [-0.4, -0.2) is 141 Å². The number of nitrogens with one attached hydrogen (secondary N) is 10. The number of aromatic amines is 1. The number of unbranched alkanes of at least 4 members (excludes halogenated alkanes) is 2. The number of fused-ring (bicyclic) bond motifs is 1. The van der Waals surface area contributed by atoms with Crippen molar-refractivity contribution in [3.8, 4) is 0 Å². The maximum Gasteiger partial charge on any atom is 0.315 e. The zero-order valence-electron chi connectivity index (χ0n) is 35.3. The van der Waals surface area contributed by atoms with Crippen LogP contribution < -0.4 is 53.7 Å². The number of hydrogen-bond acceptors (Lipinski definition) is 13. The van der Waals surface area contributed by atoms with Gasteiger partial charge in [0, 0.05) is 54.6 Å². The molecule has 2 fully saturated rings. The Morgan fingerprint density at radius 1 is 0.855 bits per heavy atom. The van der Waals surface area contributed by atoms with Gasteiger partial charge in [-0.2, -0.15) is 11.8 Å². The zero-order valence-corrected chi connectivity index (χ0v) is 36.1. The van der Waals surface area contributed by atoms with E-state index in [4.69, 9.17) is 10.9 Å². The van der Waals surface area contributed by atoms with Crippen LogP contribution >= 0.6 is 11.8 Å². The van der Waals surface area contributed by atoms with E-state index in [2.05, 4.69) is 52.5 Å². The maximum absolute atomic E-state index is 13.4. The van der Waals surface area contributed by atoms with Gasteiger partial charge in [0.1, 0.15) is 18.1 Å². The van der Waals surface area contributed by atoms with E-state index in [-0.39, 0.29) is 55.6 Å². The van der Waals surface area contributed by atoms with Crippen molar-refractivity contribution in [3.05, 3.63) is 18.2 Å². The van der Waals surface area contributed by atoms with Crippen molar-refractivity contribution < 1.29 is 53.5 Å². The molecule has 1 unspecified atom stereocenters. The third-order valence-electron chi connectivity index (χ3n) is 10.2. The first kappa shape index (κ1) is 50.9. The molecule has 3 heterocycles. The molecule has 1 aromatic heterocycles. The molecule has 62 heavy (non-hydrogen) atoms. The molecule has 346 valence electrons. The summed E-state index contributed by atoms with van der Waals surface area (Å²) >= 11 is 1.83. The van der Waals surface area contributed by atoms with Crippen LogP contribution in [0.3, 0.4) is 0 Å². The SMILES string of the molecule is CC(C)CC(CC(=O)NO)C(=O)N[C@H](C(=O)N[C@@H](Cc1cnc[nH]1)C(=O)NCC(=O)NCC(=O)N[C@@H](CCCCNC(=O)CCCC[C@@H]1SC[C@@H]2NC(=O)N[C@@H]21)C(N)=O)[C@@H](C)O. The molecule has 0 aromatic carbocycles. The summed E-state index contributed by atoms with van der Waals surface area (Å²) in [5, 5.41) is 40.5. The predicted octanol–water partition coefficient (Wildman–Crippen LogP) is -2.92. The van der Waals surface area contributed by atoms with E-state index in [0.717, 1.165) is 25.0 Å². The Balaban J connectivity index is 1.39. The highest BCUT2D eigenvalue weighted by atomic mass is 32.2. The number of nitrogens with two attached hydrogens (primary N) is 1. The second-order valence-electron chi connectivity index (χ2n) is 15.9. The fourth-order valence-corrected chi connectivity index (χ4v) is 8.56. The highest BCUT2D eigenvalue weighted by Gasteiger charge is 2.42. The number of carbonyl (C=O) groups is 9. The van der Waals surface area contributed by atoms with Crippen LogP contribution in [0.2, 0.25) is 0 Å². The molecule has 3 rings (SSSR count). The minimum Gasteiger partial charge on any atom is -0.391 e. The summed E-state index contributed by atoms with van der Waals surface area (Å²) < 4.78 is 0. The molecule has 14 N–H and O–H groups in total. The van der Waals surface area contributed by atoms with Crippen molar-refractivity contribution >= 4 is 65.1 Å². The number of imidazole rings is 1. The maximum atomic E-state index is 13.4. The van der Waals surface area contributed by atoms with Crippen molar-refractivity contribution in [1.82, 2.24) is 58.0 Å². The summed E-state index contributed by atoms with van der Waals surface area (Å²) in [7, 11) is 0. The van der Waals surface area contributed by atoms with Gasteiger partial charge < -0.3 is 58.4 Å². The Hall–Kier alpha value is -5.49. The largest absolute Gasteiger partial charge is 0.391 e. The molecular weight excluding hydrogens is 833 g/mol. The third-order valence-corrected chi connectivity index (χ3v) is 11.7. The van der Waals surface area contributed by atoms with E-state index in [1.807, 2.05) is 25.6 Å². The van der Waals surface area contributed by atoms with Crippen LogP contribution in [0.1, 0.15) is 84.3 Å². The second-order valence-corrected chi connectivity index (χ2v) is 17.1. The molecule has 23 nitrogen and oxygen atoms in total. The van der Waals surface area contributed by atoms with Gasteiger partial charge in [-0.1, -0.05) is 20.3 Å². The Morgan fingerprint density at radius 3 is 2.26 bits per heavy atom. The first-order valence-electron chi connectivity index (χ1n) is 20.7. The number of H-pyrrole nitrogens is 1. The Bertz CT molecular complexity index is 1700. The van der Waals surface area contributed by atoms with Gasteiger partial charge in [-0.25, -0.2) is 15.3 Å². The number of hydrogen-bond donors (Lipinski definition) is 13. The highest BCUT2D eigenvalue weighted by Crippen LogP contribution is 2.33. The Kier molecular flexibility index (Phi) is 21.4. The number of primary amides is 1. The minimum atomic E-state index is -1.56. The van der Waals surface area contributed by atoms with Crippen LogP contribution in [-0.2, 0) is 44.8 Å². The Labute approximate surface area is 363 Å². The average molecular weight is 895 g/mol. The lowest BCUT2D eigenvalue weighted by Crippen LogP contribution is -2.58. The summed E-state index contributed by atoms with van der Waals surface area (Å²) in [5.74, 6) is -5.82. The summed E-state index contributed by atoms with van der Waals surface area (Å²) in [6, 6.07) is -3.77. The smallest absolute Gasteiger partial charge is 0.315 e.